The minimum atomic E-state index is -0.663. The lowest BCUT2D eigenvalue weighted by Crippen LogP contribution is -2.12. The summed E-state index contributed by atoms with van der Waals surface area (Å²) in [5.41, 5.74) is 0. The van der Waals surface area contributed by atoms with Crippen LogP contribution < -0.4 is 0 Å². The Labute approximate surface area is 105 Å². The van der Waals surface area contributed by atoms with E-state index in [0.717, 1.165) is 12.8 Å². The van der Waals surface area contributed by atoms with E-state index in [0.29, 0.717) is 6.42 Å². The van der Waals surface area contributed by atoms with E-state index in [4.69, 9.17) is 5.11 Å². The van der Waals surface area contributed by atoms with Gasteiger partial charge in [-0.05, 0) is 33.5 Å². The van der Waals surface area contributed by atoms with Gasteiger partial charge < -0.3 is 15.5 Å². The molecule has 104 valence electrons. The van der Waals surface area contributed by atoms with E-state index in [1.807, 2.05) is 0 Å². The molecule has 0 aromatic carbocycles. The van der Waals surface area contributed by atoms with Gasteiger partial charge in [0.15, 0.2) is 0 Å². The first-order chi connectivity index (χ1) is 7.63. The highest BCUT2D eigenvalue weighted by molar-refractivity contribution is 5.66. The van der Waals surface area contributed by atoms with Gasteiger partial charge in [0.2, 0.25) is 0 Å². The second-order valence-corrected chi connectivity index (χ2v) is 4.78. The molecule has 0 fully saturated rings. The molecule has 0 aromatic heterocycles. The van der Waals surface area contributed by atoms with E-state index in [9.17, 15) is 4.79 Å². The topological polar surface area (TPSA) is 72.0 Å². The van der Waals surface area contributed by atoms with Crippen LogP contribution in [0.1, 0.15) is 57.8 Å². The van der Waals surface area contributed by atoms with Crippen LogP contribution in [0.5, 0.6) is 0 Å². The number of rotatable bonds is 11. The van der Waals surface area contributed by atoms with E-state index >= 15 is 0 Å². The molecule has 0 bridgehead atoms. The van der Waals surface area contributed by atoms with Gasteiger partial charge in [-0.3, -0.25) is 4.79 Å². The van der Waals surface area contributed by atoms with Crippen LogP contribution in [-0.4, -0.2) is 42.1 Å². The SMILES string of the molecule is CN(C)CCCCCCCCCCC(=O)O.O. The summed E-state index contributed by atoms with van der Waals surface area (Å²) < 4.78 is 0. The number of unbranched alkanes of at least 4 members (excludes halogenated alkanes) is 7. The monoisotopic (exact) mass is 247 g/mol. The van der Waals surface area contributed by atoms with Gasteiger partial charge in [-0.15, -0.1) is 0 Å². The zero-order valence-corrected chi connectivity index (χ0v) is 11.4. The number of carbonyl (C=O) groups is 1. The van der Waals surface area contributed by atoms with Crippen molar-refractivity contribution < 1.29 is 15.4 Å². The lowest BCUT2D eigenvalue weighted by atomic mass is 10.1. The minimum absolute atomic E-state index is 0. The normalized spacial score (nSPS) is 10.3. The van der Waals surface area contributed by atoms with Crippen LogP contribution in [-0.2, 0) is 4.79 Å². The van der Waals surface area contributed by atoms with Gasteiger partial charge in [0.25, 0.3) is 0 Å². The molecular formula is C13H29NO3. The molecule has 0 saturated carbocycles. The molecule has 0 unspecified atom stereocenters. The van der Waals surface area contributed by atoms with Crippen molar-refractivity contribution in [2.45, 2.75) is 57.8 Å². The van der Waals surface area contributed by atoms with Crippen LogP contribution in [0, 0.1) is 0 Å². The Morgan fingerprint density at radius 2 is 1.29 bits per heavy atom. The smallest absolute Gasteiger partial charge is 0.303 e. The second kappa shape index (κ2) is 13.5. The van der Waals surface area contributed by atoms with Crippen molar-refractivity contribution in [2.24, 2.45) is 0 Å². The summed E-state index contributed by atoms with van der Waals surface area (Å²) >= 11 is 0. The molecule has 4 heteroatoms. The van der Waals surface area contributed by atoms with Gasteiger partial charge in [-0.2, -0.15) is 0 Å². The van der Waals surface area contributed by atoms with Gasteiger partial charge in [0, 0.05) is 6.42 Å². The number of carboxylic acids is 1. The predicted octanol–water partition coefficient (Wildman–Crippen LogP) is 2.32. The van der Waals surface area contributed by atoms with Crippen molar-refractivity contribution in [3.63, 3.8) is 0 Å². The van der Waals surface area contributed by atoms with Gasteiger partial charge >= 0.3 is 5.97 Å². The summed E-state index contributed by atoms with van der Waals surface area (Å²) in [6, 6.07) is 0. The molecule has 0 amide bonds. The average Bonchev–Trinajstić information content (AvgIpc) is 2.20. The molecular weight excluding hydrogens is 218 g/mol. The van der Waals surface area contributed by atoms with Crippen molar-refractivity contribution in [1.82, 2.24) is 4.90 Å². The van der Waals surface area contributed by atoms with Crippen molar-refractivity contribution in [3.8, 4) is 0 Å². The van der Waals surface area contributed by atoms with E-state index in [1.54, 1.807) is 0 Å². The highest BCUT2D eigenvalue weighted by atomic mass is 16.4. The maximum Gasteiger partial charge on any atom is 0.303 e. The molecule has 0 heterocycles. The highest BCUT2D eigenvalue weighted by Gasteiger charge is 1.96. The summed E-state index contributed by atoms with van der Waals surface area (Å²) in [5.74, 6) is -0.663. The van der Waals surface area contributed by atoms with Gasteiger partial charge in [-0.1, -0.05) is 38.5 Å². The average molecular weight is 247 g/mol. The molecule has 0 aliphatic rings. The van der Waals surface area contributed by atoms with Crippen LogP contribution in [0.3, 0.4) is 0 Å². The van der Waals surface area contributed by atoms with Crippen molar-refractivity contribution in [2.75, 3.05) is 20.6 Å². The number of carboxylic acid groups (broad SMARTS) is 1. The maximum atomic E-state index is 10.3. The predicted molar refractivity (Wildman–Crippen MR) is 71.4 cm³/mol. The van der Waals surface area contributed by atoms with E-state index in [1.165, 1.54) is 45.1 Å². The first kappa shape index (κ1) is 18.7. The van der Waals surface area contributed by atoms with Gasteiger partial charge in [-0.25, -0.2) is 0 Å². The van der Waals surface area contributed by atoms with Crippen molar-refractivity contribution >= 4 is 5.97 Å². The zero-order valence-electron chi connectivity index (χ0n) is 11.4. The molecule has 0 aliphatic carbocycles. The van der Waals surface area contributed by atoms with E-state index < -0.39 is 5.97 Å². The van der Waals surface area contributed by atoms with Crippen LogP contribution in [0.15, 0.2) is 0 Å². The van der Waals surface area contributed by atoms with Gasteiger partial charge in [0.1, 0.15) is 0 Å². The molecule has 17 heavy (non-hydrogen) atoms. The zero-order chi connectivity index (χ0) is 12.2. The summed E-state index contributed by atoms with van der Waals surface area (Å²) in [6.07, 6.45) is 9.97. The highest BCUT2D eigenvalue weighted by Crippen LogP contribution is 2.09. The molecule has 0 atom stereocenters. The number of aliphatic carboxylic acids is 1. The molecule has 0 saturated heterocycles. The van der Waals surface area contributed by atoms with Crippen LogP contribution in [0.4, 0.5) is 0 Å². The standard InChI is InChI=1S/C13H27NO2.H2O/c1-14(2)12-10-8-6-4-3-5-7-9-11-13(15)16;/h3-12H2,1-2H3,(H,15,16);1H2. The van der Waals surface area contributed by atoms with Crippen LogP contribution >= 0.6 is 0 Å². The largest absolute Gasteiger partial charge is 0.481 e. The second-order valence-electron chi connectivity index (χ2n) is 4.78. The third-order valence-electron chi connectivity index (χ3n) is 2.75. The van der Waals surface area contributed by atoms with Crippen LogP contribution in [0.2, 0.25) is 0 Å². The van der Waals surface area contributed by atoms with Crippen molar-refractivity contribution in [3.05, 3.63) is 0 Å². The molecule has 3 N–H and O–H groups in total. The first-order valence-corrected chi connectivity index (χ1v) is 6.49. The molecule has 0 aliphatic heterocycles. The molecule has 0 radical (unpaired) electrons. The molecule has 0 rings (SSSR count). The third kappa shape index (κ3) is 18.0. The quantitative estimate of drug-likeness (QED) is 0.569. The fourth-order valence-electron chi connectivity index (χ4n) is 1.76. The summed E-state index contributed by atoms with van der Waals surface area (Å²) in [5, 5.41) is 8.45. The third-order valence-corrected chi connectivity index (χ3v) is 2.75. The Kier molecular flexibility index (Phi) is 14.8. The Morgan fingerprint density at radius 1 is 0.882 bits per heavy atom. The Balaban J connectivity index is 0. The molecule has 4 nitrogen and oxygen atoms in total. The molecule has 0 spiro atoms. The Morgan fingerprint density at radius 3 is 1.71 bits per heavy atom. The molecule has 0 aromatic rings. The number of hydrogen-bond acceptors (Lipinski definition) is 2. The number of nitrogens with zero attached hydrogens (tertiary/aromatic N) is 1. The fourth-order valence-corrected chi connectivity index (χ4v) is 1.76. The van der Waals surface area contributed by atoms with Crippen molar-refractivity contribution in [1.29, 1.82) is 0 Å². The van der Waals surface area contributed by atoms with E-state index in [-0.39, 0.29) is 5.48 Å². The Hall–Kier alpha value is -0.610. The Bertz CT molecular complexity index is 172. The fraction of sp³-hybridized carbons (Fsp3) is 0.923. The lowest BCUT2D eigenvalue weighted by Gasteiger charge is -2.08. The first-order valence-electron chi connectivity index (χ1n) is 6.49. The summed E-state index contributed by atoms with van der Waals surface area (Å²) in [7, 11) is 4.23. The van der Waals surface area contributed by atoms with Crippen LogP contribution in [0.25, 0.3) is 0 Å². The number of hydrogen-bond donors (Lipinski definition) is 1. The summed E-state index contributed by atoms with van der Waals surface area (Å²) in [4.78, 5) is 12.5. The van der Waals surface area contributed by atoms with E-state index in [2.05, 4.69) is 19.0 Å². The minimum Gasteiger partial charge on any atom is -0.481 e. The summed E-state index contributed by atoms with van der Waals surface area (Å²) in [6.45, 7) is 1.19. The van der Waals surface area contributed by atoms with Gasteiger partial charge in [0.05, 0.1) is 0 Å². The maximum absolute atomic E-state index is 10.3. The lowest BCUT2D eigenvalue weighted by molar-refractivity contribution is -0.137.